The highest BCUT2D eigenvalue weighted by Gasteiger charge is 2.52. The first-order chi connectivity index (χ1) is 20.4. The zero-order valence-electron chi connectivity index (χ0n) is 23.6. The molecule has 4 aromatic rings. The number of amides is 1. The van der Waals surface area contributed by atoms with Crippen molar-refractivity contribution in [1.29, 1.82) is 0 Å². The highest BCUT2D eigenvalue weighted by molar-refractivity contribution is 6.09. The van der Waals surface area contributed by atoms with E-state index in [9.17, 15) is 4.79 Å². The number of pyridine rings is 1. The molecule has 2 fully saturated rings. The topological polar surface area (TPSA) is 136 Å². The van der Waals surface area contributed by atoms with Gasteiger partial charge in [-0.05, 0) is 17.2 Å². The van der Waals surface area contributed by atoms with Gasteiger partial charge in [-0.2, -0.15) is 0 Å². The number of nitrogens with two attached hydrogens (primary N) is 1. The van der Waals surface area contributed by atoms with E-state index in [0.717, 1.165) is 59.1 Å². The Bertz CT molecular complexity index is 1640. The summed E-state index contributed by atoms with van der Waals surface area (Å²) in [6.07, 6.45) is 8.33. The van der Waals surface area contributed by atoms with Crippen LogP contribution in [0.3, 0.4) is 0 Å². The van der Waals surface area contributed by atoms with Crippen LogP contribution < -0.4 is 15.8 Å². The van der Waals surface area contributed by atoms with Gasteiger partial charge in [-0.15, -0.1) is 0 Å². The number of anilines is 1. The molecule has 0 radical (unpaired) electrons. The van der Waals surface area contributed by atoms with Crippen molar-refractivity contribution in [2.45, 2.75) is 12.1 Å². The Kier molecular flexibility index (Phi) is 7.44. The summed E-state index contributed by atoms with van der Waals surface area (Å²) in [5.41, 5.74) is 10.7. The van der Waals surface area contributed by atoms with E-state index in [4.69, 9.17) is 15.2 Å². The third-order valence-corrected chi connectivity index (χ3v) is 7.46. The third-order valence-electron chi connectivity index (χ3n) is 7.46. The summed E-state index contributed by atoms with van der Waals surface area (Å²) in [5.74, 6) is 1.46. The molecule has 1 amide bonds. The second-order valence-electron chi connectivity index (χ2n) is 10.5. The van der Waals surface area contributed by atoms with E-state index >= 15 is 0 Å². The average Bonchev–Trinajstić information content (AvgIpc) is 3.55. The fourth-order valence-corrected chi connectivity index (χ4v) is 5.37. The summed E-state index contributed by atoms with van der Waals surface area (Å²) in [6.45, 7) is 4.01. The van der Waals surface area contributed by atoms with Crippen LogP contribution in [0, 0.1) is 0 Å². The summed E-state index contributed by atoms with van der Waals surface area (Å²) < 4.78 is 13.5. The minimum atomic E-state index is -0.351. The van der Waals surface area contributed by atoms with E-state index in [2.05, 4.69) is 30.2 Å². The zero-order valence-corrected chi connectivity index (χ0v) is 23.6. The Morgan fingerprint density at radius 1 is 1.17 bits per heavy atom. The number of likely N-dealkylation sites (N-methyl/N-ethyl adjacent to an activating group) is 1. The van der Waals surface area contributed by atoms with Gasteiger partial charge >= 0.3 is 6.09 Å². The van der Waals surface area contributed by atoms with Gasteiger partial charge in [0, 0.05) is 76.6 Å². The van der Waals surface area contributed by atoms with E-state index in [1.165, 1.54) is 0 Å². The molecule has 42 heavy (non-hydrogen) atoms. The van der Waals surface area contributed by atoms with E-state index in [-0.39, 0.29) is 11.7 Å². The highest BCUT2D eigenvalue weighted by Crippen LogP contribution is 2.31. The van der Waals surface area contributed by atoms with Crippen LogP contribution in [0.4, 0.5) is 10.6 Å². The standard InChI is InChI=1S/C30H33N9O3/c1-32-15-23(13-31)22-5-3-21(4-6-22)14-33-27-12-25(35-20-36-27)26-16-34-28-11-24(7-8-39(26)28)41-10-9-38-18-30(19-38)17-37(2)29(40)42-30/h3-8,11-13,15-16,20H,9-10,14,17-19,31H2,1-2H3,(H,33,35,36)/b23-13+,32-15?. The van der Waals surface area contributed by atoms with Gasteiger partial charge < -0.3 is 25.4 Å². The van der Waals surface area contributed by atoms with Gasteiger partial charge in [0.25, 0.3) is 0 Å². The van der Waals surface area contributed by atoms with Gasteiger partial charge in [0.2, 0.25) is 0 Å². The number of aromatic nitrogens is 4. The molecule has 2 aliphatic heterocycles. The largest absolute Gasteiger partial charge is 0.492 e. The van der Waals surface area contributed by atoms with Crippen LogP contribution in [0.15, 0.2) is 72.4 Å². The Labute approximate surface area is 243 Å². The predicted molar refractivity (Wildman–Crippen MR) is 160 cm³/mol. The Morgan fingerprint density at radius 3 is 2.74 bits per heavy atom. The molecule has 0 aliphatic carbocycles. The monoisotopic (exact) mass is 567 g/mol. The number of benzene rings is 1. The first kappa shape index (κ1) is 27.2. The number of allylic oxidation sites excluding steroid dienone is 1. The van der Waals surface area contributed by atoms with E-state index in [1.807, 2.05) is 53.1 Å². The normalized spacial score (nSPS) is 16.8. The smallest absolute Gasteiger partial charge is 0.410 e. The maximum atomic E-state index is 11.7. The number of carbonyl (C=O) groups excluding carboxylic acids is 1. The quantitative estimate of drug-likeness (QED) is 0.277. The van der Waals surface area contributed by atoms with Gasteiger partial charge in [0.15, 0.2) is 5.60 Å². The molecule has 6 rings (SSSR count). The minimum Gasteiger partial charge on any atom is -0.492 e. The van der Waals surface area contributed by atoms with Crippen LogP contribution >= 0.6 is 0 Å². The predicted octanol–water partition coefficient (Wildman–Crippen LogP) is 2.92. The summed E-state index contributed by atoms with van der Waals surface area (Å²) in [4.78, 5) is 33.0. The molecule has 2 aliphatic rings. The van der Waals surface area contributed by atoms with Gasteiger partial charge in [0.05, 0.1) is 24.1 Å². The number of ether oxygens (including phenoxy) is 2. The van der Waals surface area contributed by atoms with Crippen LogP contribution in [0.2, 0.25) is 0 Å². The number of imidazole rings is 1. The number of hydrogen-bond donors (Lipinski definition) is 2. The number of carbonyl (C=O) groups is 1. The van der Waals surface area contributed by atoms with Crippen molar-refractivity contribution in [3.63, 3.8) is 0 Å². The van der Waals surface area contributed by atoms with Crippen LogP contribution in [0.5, 0.6) is 5.75 Å². The molecule has 0 unspecified atom stereocenters. The maximum absolute atomic E-state index is 11.7. The molecule has 5 heterocycles. The van der Waals surface area contributed by atoms with Crippen LogP contribution in [0.1, 0.15) is 11.1 Å². The number of hydrogen-bond acceptors (Lipinski definition) is 10. The van der Waals surface area contributed by atoms with Crippen LogP contribution in [0.25, 0.3) is 22.6 Å². The van der Waals surface area contributed by atoms with E-state index in [1.54, 1.807) is 43.9 Å². The molecular formula is C30H33N9O3. The number of rotatable bonds is 10. The van der Waals surface area contributed by atoms with Crippen molar-refractivity contribution in [2.75, 3.05) is 52.2 Å². The average molecular weight is 568 g/mol. The summed E-state index contributed by atoms with van der Waals surface area (Å²) >= 11 is 0. The molecule has 1 spiro atoms. The molecule has 3 aromatic heterocycles. The molecule has 0 atom stereocenters. The molecule has 2 saturated heterocycles. The zero-order chi connectivity index (χ0) is 29.1. The maximum Gasteiger partial charge on any atom is 0.410 e. The van der Waals surface area contributed by atoms with Crippen molar-refractivity contribution < 1.29 is 14.3 Å². The lowest BCUT2D eigenvalue weighted by Crippen LogP contribution is -2.64. The van der Waals surface area contributed by atoms with Crippen molar-refractivity contribution in [2.24, 2.45) is 10.7 Å². The summed E-state index contributed by atoms with van der Waals surface area (Å²) in [7, 11) is 3.49. The molecule has 3 N–H and O–H groups in total. The van der Waals surface area contributed by atoms with Crippen molar-refractivity contribution >= 4 is 29.3 Å². The minimum absolute atomic E-state index is 0.243. The van der Waals surface area contributed by atoms with Crippen molar-refractivity contribution in [3.8, 4) is 17.1 Å². The Hall–Kier alpha value is -4.97. The first-order valence-corrected chi connectivity index (χ1v) is 13.7. The highest BCUT2D eigenvalue weighted by atomic mass is 16.6. The second kappa shape index (κ2) is 11.5. The van der Waals surface area contributed by atoms with Crippen LogP contribution in [-0.4, -0.2) is 93.9 Å². The second-order valence-corrected chi connectivity index (χ2v) is 10.5. The molecular weight excluding hydrogens is 534 g/mol. The lowest BCUT2D eigenvalue weighted by Gasteiger charge is -2.45. The fourth-order valence-electron chi connectivity index (χ4n) is 5.37. The van der Waals surface area contributed by atoms with E-state index < -0.39 is 0 Å². The Morgan fingerprint density at radius 2 is 2.00 bits per heavy atom. The molecule has 12 heteroatoms. The molecule has 0 bridgehead atoms. The molecule has 0 saturated carbocycles. The van der Waals surface area contributed by atoms with Crippen molar-refractivity contribution in [3.05, 3.63) is 78.5 Å². The number of aliphatic imine (C=N–C) groups is 1. The van der Waals surface area contributed by atoms with Gasteiger partial charge in [-0.25, -0.2) is 19.7 Å². The molecule has 12 nitrogen and oxygen atoms in total. The number of nitrogens with one attached hydrogen (secondary N) is 1. The lowest BCUT2D eigenvalue weighted by atomic mass is 9.94. The first-order valence-electron chi connectivity index (χ1n) is 13.7. The van der Waals surface area contributed by atoms with Crippen LogP contribution in [-0.2, 0) is 11.3 Å². The summed E-state index contributed by atoms with van der Waals surface area (Å²) in [5, 5.41) is 3.37. The SMILES string of the molecule is CN=C/C(=C\N)c1ccc(CNc2cc(-c3cnc4cc(OCCN5CC6(C5)CN(C)C(=O)O6)ccn34)ncn2)cc1. The number of likely N-dealkylation sites (tertiary alicyclic amines) is 1. The summed E-state index contributed by atoms with van der Waals surface area (Å²) in [6, 6.07) is 13.9. The van der Waals surface area contributed by atoms with Gasteiger partial charge in [-0.1, -0.05) is 24.3 Å². The Balaban J connectivity index is 1.04. The number of nitrogens with zero attached hydrogens (tertiary/aromatic N) is 7. The van der Waals surface area contributed by atoms with Crippen molar-refractivity contribution in [1.82, 2.24) is 29.2 Å². The number of fused-ring (bicyclic) bond motifs is 1. The lowest BCUT2D eigenvalue weighted by molar-refractivity contribution is -0.0762. The molecule has 1 aromatic carbocycles. The van der Waals surface area contributed by atoms with Gasteiger partial charge in [0.1, 0.15) is 30.1 Å². The van der Waals surface area contributed by atoms with Gasteiger partial charge in [-0.3, -0.25) is 14.3 Å². The third kappa shape index (κ3) is 5.61. The molecule has 216 valence electrons. The van der Waals surface area contributed by atoms with E-state index in [0.29, 0.717) is 25.5 Å². The fraction of sp³-hybridized carbons (Fsp3) is 0.300.